The number of hydrogen-bond acceptors (Lipinski definition) is 7. The Bertz CT molecular complexity index is 1080. The molecule has 3 rings (SSSR count). The van der Waals surface area contributed by atoms with Crippen LogP contribution in [0.4, 0.5) is 4.79 Å². The molecule has 2 amide bonds. The molecule has 0 aromatic heterocycles. The van der Waals surface area contributed by atoms with E-state index in [4.69, 9.17) is 14.2 Å². The predicted octanol–water partition coefficient (Wildman–Crippen LogP) is 4.74. The summed E-state index contributed by atoms with van der Waals surface area (Å²) in [6, 6.07) is 10.9. The Kier molecular flexibility index (Phi) is 7.58. The molecule has 0 aliphatic carbocycles. The minimum atomic E-state index is -0.456. The maximum Gasteiger partial charge on any atom is 0.308 e. The van der Waals surface area contributed by atoms with Gasteiger partial charge >= 0.3 is 5.97 Å². The number of nitrogens with zero attached hydrogens (tertiary/aromatic N) is 1. The van der Waals surface area contributed by atoms with Gasteiger partial charge in [-0.05, 0) is 73.5 Å². The maximum absolute atomic E-state index is 12.8. The summed E-state index contributed by atoms with van der Waals surface area (Å²) in [5, 5.41) is -0.340. The van der Waals surface area contributed by atoms with Crippen molar-refractivity contribution < 1.29 is 28.6 Å². The molecule has 0 bridgehead atoms. The van der Waals surface area contributed by atoms with Crippen molar-refractivity contribution in [3.63, 3.8) is 0 Å². The van der Waals surface area contributed by atoms with Crippen LogP contribution in [0, 0.1) is 13.8 Å². The van der Waals surface area contributed by atoms with Gasteiger partial charge < -0.3 is 14.2 Å². The van der Waals surface area contributed by atoms with Crippen LogP contribution >= 0.6 is 11.8 Å². The lowest BCUT2D eigenvalue weighted by Crippen LogP contribution is -2.32. The van der Waals surface area contributed by atoms with Gasteiger partial charge in [-0.2, -0.15) is 0 Å². The van der Waals surface area contributed by atoms with Crippen LogP contribution in [0.1, 0.15) is 30.5 Å². The molecule has 0 radical (unpaired) electrons. The topological polar surface area (TPSA) is 82.1 Å². The molecule has 32 heavy (non-hydrogen) atoms. The van der Waals surface area contributed by atoms with Crippen molar-refractivity contribution in [1.29, 1.82) is 0 Å². The highest BCUT2D eigenvalue weighted by Gasteiger charge is 2.34. The average Bonchev–Trinajstić information content (AvgIpc) is 2.99. The number of aryl methyl sites for hydroxylation is 2. The molecule has 0 unspecified atom stereocenters. The van der Waals surface area contributed by atoms with Gasteiger partial charge in [-0.25, -0.2) is 0 Å². The third-order valence-corrected chi connectivity index (χ3v) is 5.52. The van der Waals surface area contributed by atoms with E-state index in [1.165, 1.54) is 11.8 Å². The molecule has 168 valence electrons. The molecule has 0 atom stereocenters. The molecule has 1 heterocycles. The van der Waals surface area contributed by atoms with Crippen molar-refractivity contribution in [2.45, 2.75) is 27.7 Å². The van der Waals surface area contributed by atoms with Crippen LogP contribution in [0.15, 0.2) is 41.3 Å². The Morgan fingerprint density at radius 3 is 2.53 bits per heavy atom. The third kappa shape index (κ3) is 5.70. The number of carbonyl (C=O) groups excluding carboxylic acids is 3. The van der Waals surface area contributed by atoms with Gasteiger partial charge in [-0.3, -0.25) is 19.3 Å². The van der Waals surface area contributed by atoms with Crippen molar-refractivity contribution in [2.75, 3.05) is 19.8 Å². The number of benzene rings is 2. The van der Waals surface area contributed by atoms with Crippen molar-refractivity contribution >= 4 is 35.0 Å². The first-order valence-corrected chi connectivity index (χ1v) is 11.0. The average molecular weight is 456 g/mol. The number of carbonyl (C=O) groups is 3. The van der Waals surface area contributed by atoms with E-state index < -0.39 is 5.97 Å². The third-order valence-electron chi connectivity index (χ3n) is 4.61. The van der Waals surface area contributed by atoms with E-state index in [1.54, 1.807) is 24.3 Å². The number of rotatable bonds is 8. The minimum Gasteiger partial charge on any atom is -0.491 e. The predicted molar refractivity (Wildman–Crippen MR) is 123 cm³/mol. The Balaban J connectivity index is 1.70. The van der Waals surface area contributed by atoms with Gasteiger partial charge in [-0.15, -0.1) is 0 Å². The largest absolute Gasteiger partial charge is 0.491 e. The molecule has 7 nitrogen and oxygen atoms in total. The van der Waals surface area contributed by atoms with Crippen molar-refractivity contribution in [1.82, 2.24) is 4.90 Å². The van der Waals surface area contributed by atoms with Crippen molar-refractivity contribution in [3.8, 4) is 17.2 Å². The lowest BCUT2D eigenvalue weighted by molar-refractivity contribution is -0.132. The van der Waals surface area contributed by atoms with Crippen LogP contribution in [-0.4, -0.2) is 41.8 Å². The summed E-state index contributed by atoms with van der Waals surface area (Å²) < 4.78 is 16.5. The molecule has 8 heteroatoms. The fourth-order valence-electron chi connectivity index (χ4n) is 3.08. The molecular weight excluding hydrogens is 430 g/mol. The second-order valence-electron chi connectivity index (χ2n) is 7.18. The van der Waals surface area contributed by atoms with E-state index in [2.05, 4.69) is 0 Å². The number of esters is 1. The second-order valence-corrected chi connectivity index (χ2v) is 8.18. The van der Waals surface area contributed by atoms with E-state index in [0.29, 0.717) is 28.6 Å². The van der Waals surface area contributed by atoms with Gasteiger partial charge in [-0.1, -0.05) is 18.2 Å². The zero-order valence-electron chi connectivity index (χ0n) is 18.5. The summed E-state index contributed by atoms with van der Waals surface area (Å²) in [4.78, 5) is 37.9. The Morgan fingerprint density at radius 2 is 1.81 bits per heavy atom. The van der Waals surface area contributed by atoms with E-state index in [1.807, 2.05) is 39.0 Å². The molecular formula is C24H25NO6S. The normalized spacial score (nSPS) is 14.8. The Hall–Kier alpha value is -3.26. The van der Waals surface area contributed by atoms with Gasteiger partial charge in [0.15, 0.2) is 11.5 Å². The highest BCUT2D eigenvalue weighted by Crippen LogP contribution is 2.34. The second kappa shape index (κ2) is 10.4. The standard InChI is InChI=1S/C24H25NO6S/c1-5-29-21-13-18(8-9-19(21)31-17(4)26)14-22-23(27)25(24(28)32-22)10-11-30-20-12-15(2)6-7-16(20)3/h6-9,12-14H,5,10-11H2,1-4H3/b22-14-. The summed E-state index contributed by atoms with van der Waals surface area (Å²) in [6.07, 6.45) is 1.62. The first-order valence-electron chi connectivity index (χ1n) is 10.2. The Morgan fingerprint density at radius 1 is 1.03 bits per heavy atom. The van der Waals surface area contributed by atoms with Crippen LogP contribution in [0.25, 0.3) is 6.08 Å². The van der Waals surface area contributed by atoms with Gasteiger partial charge in [0, 0.05) is 6.92 Å². The monoisotopic (exact) mass is 455 g/mol. The summed E-state index contributed by atoms with van der Waals surface area (Å²) in [5.74, 6) is 0.601. The van der Waals surface area contributed by atoms with Gasteiger partial charge in [0.1, 0.15) is 12.4 Å². The van der Waals surface area contributed by atoms with Crippen LogP contribution in [0.3, 0.4) is 0 Å². The fourth-order valence-corrected chi connectivity index (χ4v) is 3.94. The fraction of sp³-hybridized carbons (Fsp3) is 0.292. The maximum atomic E-state index is 12.8. The summed E-state index contributed by atoms with van der Waals surface area (Å²) in [7, 11) is 0. The number of hydrogen-bond donors (Lipinski definition) is 0. The first-order chi connectivity index (χ1) is 15.3. The Labute approximate surface area is 191 Å². The van der Waals surface area contributed by atoms with Gasteiger partial charge in [0.05, 0.1) is 18.1 Å². The number of thioether (sulfide) groups is 1. The molecule has 0 saturated carbocycles. The molecule has 0 N–H and O–H groups in total. The molecule has 1 fully saturated rings. The number of amides is 2. The highest BCUT2D eigenvalue weighted by atomic mass is 32.2. The summed E-state index contributed by atoms with van der Waals surface area (Å²) >= 11 is 0.879. The smallest absolute Gasteiger partial charge is 0.308 e. The molecule has 2 aromatic carbocycles. The summed E-state index contributed by atoms with van der Waals surface area (Å²) in [5.41, 5.74) is 2.72. The van der Waals surface area contributed by atoms with Crippen molar-refractivity contribution in [2.24, 2.45) is 0 Å². The highest BCUT2D eigenvalue weighted by molar-refractivity contribution is 8.18. The van der Waals surface area contributed by atoms with E-state index in [9.17, 15) is 14.4 Å². The van der Waals surface area contributed by atoms with E-state index in [0.717, 1.165) is 28.6 Å². The molecule has 1 aliphatic heterocycles. The zero-order valence-corrected chi connectivity index (χ0v) is 19.3. The molecule has 1 aliphatic rings. The quantitative estimate of drug-likeness (QED) is 0.323. The SMILES string of the molecule is CCOc1cc(/C=C2\SC(=O)N(CCOc3cc(C)ccc3C)C2=O)ccc1OC(C)=O. The number of ether oxygens (including phenoxy) is 3. The van der Waals surface area contributed by atoms with Gasteiger partial charge in [0.2, 0.25) is 0 Å². The van der Waals surface area contributed by atoms with E-state index in [-0.39, 0.29) is 24.3 Å². The van der Waals surface area contributed by atoms with Crippen LogP contribution in [-0.2, 0) is 9.59 Å². The van der Waals surface area contributed by atoms with E-state index >= 15 is 0 Å². The molecule has 0 spiro atoms. The summed E-state index contributed by atoms with van der Waals surface area (Å²) in [6.45, 7) is 7.80. The van der Waals surface area contributed by atoms with Crippen LogP contribution in [0.5, 0.6) is 17.2 Å². The van der Waals surface area contributed by atoms with Crippen LogP contribution in [0.2, 0.25) is 0 Å². The zero-order chi connectivity index (χ0) is 23.3. The lowest BCUT2D eigenvalue weighted by Gasteiger charge is -2.14. The van der Waals surface area contributed by atoms with Crippen LogP contribution < -0.4 is 14.2 Å². The minimum absolute atomic E-state index is 0.158. The van der Waals surface area contributed by atoms with Crippen molar-refractivity contribution in [3.05, 3.63) is 58.0 Å². The molecule has 2 aromatic rings. The molecule has 1 saturated heterocycles. The number of imide groups is 1. The lowest BCUT2D eigenvalue weighted by atomic mass is 10.1. The van der Waals surface area contributed by atoms with Gasteiger partial charge in [0.25, 0.3) is 11.1 Å². The first kappa shape index (κ1) is 23.4.